The van der Waals surface area contributed by atoms with Crippen molar-refractivity contribution in [1.82, 2.24) is 14.8 Å². The Morgan fingerprint density at radius 1 is 0.800 bits per heavy atom. The van der Waals surface area contributed by atoms with Gasteiger partial charge >= 0.3 is 21.2 Å². The third kappa shape index (κ3) is 14.4. The Bertz CT molecular complexity index is 788. The molecule has 1 aromatic carbocycles. The molecule has 4 N–H and O–H groups in total. The first-order valence-corrected chi connectivity index (χ1v) is 13.3. The molecule has 0 radical (unpaired) electrons. The fraction of sp³-hybridized carbons (Fsp3) is 0.700. The monoisotopic (exact) mass is 515 g/mol. The maximum Gasteiger partial charge on any atom is 0.376 e. The second-order valence-corrected chi connectivity index (χ2v) is 9.90. The van der Waals surface area contributed by atoms with Crippen LogP contribution in [0.1, 0.15) is 5.56 Å². The lowest BCUT2D eigenvalue weighted by Gasteiger charge is -2.29. The van der Waals surface area contributed by atoms with E-state index in [0.29, 0.717) is 45.9 Å². The Labute approximate surface area is 211 Å². The number of ether oxygens (including phenoxy) is 2. The molecule has 35 heavy (non-hydrogen) atoms. The SMILES string of the molecule is CB(O)NCCN(CCN(CCOCCOCCOS(=O)(=O)c1ccc(C)cc1)B(C)O)B(C)O. The molecule has 0 atom stereocenters. The van der Waals surface area contributed by atoms with E-state index in [1.165, 1.54) is 12.1 Å². The summed E-state index contributed by atoms with van der Waals surface area (Å²) >= 11 is 0. The van der Waals surface area contributed by atoms with Crippen molar-refractivity contribution in [2.75, 3.05) is 65.8 Å². The lowest BCUT2D eigenvalue weighted by molar-refractivity contribution is 0.0336. The van der Waals surface area contributed by atoms with E-state index in [0.717, 1.165) is 5.56 Å². The molecule has 11 nitrogen and oxygen atoms in total. The molecule has 0 spiro atoms. The quantitative estimate of drug-likeness (QED) is 0.0992. The number of aryl methyl sites for hydroxylation is 1. The van der Waals surface area contributed by atoms with Crippen molar-refractivity contribution in [2.45, 2.75) is 32.3 Å². The molecular weight excluding hydrogens is 475 g/mol. The molecular formula is C20H40B3N3O8S. The number of hydrogen-bond acceptors (Lipinski definition) is 11. The van der Waals surface area contributed by atoms with E-state index in [-0.39, 0.29) is 24.7 Å². The van der Waals surface area contributed by atoms with Crippen LogP contribution < -0.4 is 5.23 Å². The van der Waals surface area contributed by atoms with E-state index in [2.05, 4.69) is 5.23 Å². The normalized spacial score (nSPS) is 11.9. The van der Waals surface area contributed by atoms with Crippen LogP contribution in [0.25, 0.3) is 0 Å². The standard InChI is InChI=1S/C20H40B3N3O8S/c1-19-5-7-20(8-6-19)35(30,31)34-18-17-33-16-15-32-14-13-26(23(4)29)12-11-25(22(3)28)10-9-24-21(2)27/h5-8,24,27-29H,9-18H2,1-4H3. The second-order valence-electron chi connectivity index (χ2n) is 8.28. The highest BCUT2D eigenvalue weighted by atomic mass is 32.2. The summed E-state index contributed by atoms with van der Waals surface area (Å²) in [5.41, 5.74) is 0.965. The topological polar surface area (TPSA) is 141 Å². The molecule has 1 aromatic rings. The Morgan fingerprint density at radius 2 is 1.31 bits per heavy atom. The van der Waals surface area contributed by atoms with E-state index in [1.807, 2.05) is 16.5 Å². The molecule has 0 aliphatic rings. The molecule has 198 valence electrons. The predicted octanol–water partition coefficient (Wildman–Crippen LogP) is -0.742. The Balaban J connectivity index is 2.19. The van der Waals surface area contributed by atoms with Crippen molar-refractivity contribution < 1.29 is 37.1 Å². The summed E-state index contributed by atoms with van der Waals surface area (Å²) in [6.45, 7) is 10.5. The molecule has 15 heteroatoms. The molecule has 0 aliphatic carbocycles. The van der Waals surface area contributed by atoms with Gasteiger partial charge in [-0.05, 0) is 46.1 Å². The average Bonchev–Trinajstić information content (AvgIpc) is 2.78. The lowest BCUT2D eigenvalue weighted by Crippen LogP contribution is -2.49. The number of nitrogens with one attached hydrogen (secondary N) is 1. The van der Waals surface area contributed by atoms with Crippen molar-refractivity contribution in [3.05, 3.63) is 29.8 Å². The Hall–Kier alpha value is -0.995. The van der Waals surface area contributed by atoms with Gasteiger partial charge in [-0.25, -0.2) is 0 Å². The van der Waals surface area contributed by atoms with Crippen LogP contribution in [0.5, 0.6) is 0 Å². The van der Waals surface area contributed by atoms with Crippen LogP contribution in [-0.4, -0.2) is 120 Å². The lowest BCUT2D eigenvalue weighted by atomic mass is 9.82. The van der Waals surface area contributed by atoms with Gasteiger partial charge in [-0.2, -0.15) is 8.42 Å². The van der Waals surface area contributed by atoms with Gasteiger partial charge in [0, 0.05) is 26.2 Å². The molecule has 0 aliphatic heterocycles. The van der Waals surface area contributed by atoms with Crippen LogP contribution in [0.4, 0.5) is 0 Å². The minimum absolute atomic E-state index is 0.0848. The Kier molecular flexibility index (Phi) is 16.0. The van der Waals surface area contributed by atoms with Crippen LogP contribution in [0, 0.1) is 6.92 Å². The van der Waals surface area contributed by atoms with Crippen molar-refractivity contribution >= 4 is 31.3 Å². The summed E-state index contributed by atoms with van der Waals surface area (Å²) in [7, 11) is -5.73. The number of nitrogens with zero attached hydrogens (tertiary/aromatic N) is 2. The van der Waals surface area contributed by atoms with Crippen LogP contribution in [0.3, 0.4) is 0 Å². The largest absolute Gasteiger partial charge is 0.437 e. The van der Waals surface area contributed by atoms with Gasteiger partial charge in [-0.15, -0.1) is 0 Å². The van der Waals surface area contributed by atoms with Gasteiger partial charge in [0.1, 0.15) is 0 Å². The van der Waals surface area contributed by atoms with E-state index in [1.54, 1.807) is 32.6 Å². The summed E-state index contributed by atoms with van der Waals surface area (Å²) in [5, 5.41) is 32.2. The van der Waals surface area contributed by atoms with Gasteiger partial charge in [-0.1, -0.05) is 17.7 Å². The van der Waals surface area contributed by atoms with Crippen molar-refractivity contribution in [1.29, 1.82) is 0 Å². The van der Waals surface area contributed by atoms with E-state index in [9.17, 15) is 23.5 Å². The van der Waals surface area contributed by atoms with Crippen LogP contribution >= 0.6 is 0 Å². The maximum absolute atomic E-state index is 12.1. The van der Waals surface area contributed by atoms with Crippen LogP contribution in [0.2, 0.25) is 20.5 Å². The van der Waals surface area contributed by atoms with Gasteiger partial charge in [0.2, 0.25) is 0 Å². The fourth-order valence-electron chi connectivity index (χ4n) is 3.12. The highest BCUT2D eigenvalue weighted by Crippen LogP contribution is 2.12. The molecule has 0 saturated carbocycles. The van der Waals surface area contributed by atoms with Crippen molar-refractivity contribution in [3.8, 4) is 0 Å². The van der Waals surface area contributed by atoms with E-state index >= 15 is 0 Å². The molecule has 1 rings (SSSR count). The van der Waals surface area contributed by atoms with Gasteiger partial charge in [0.25, 0.3) is 10.1 Å². The summed E-state index contributed by atoms with van der Waals surface area (Å²) < 4.78 is 40.1. The molecule has 0 saturated heterocycles. The summed E-state index contributed by atoms with van der Waals surface area (Å²) in [5.74, 6) is 0. The van der Waals surface area contributed by atoms with Gasteiger partial charge in [0.05, 0.1) is 37.9 Å². The molecule has 0 heterocycles. The molecule has 0 aromatic heterocycles. The zero-order valence-corrected chi connectivity index (χ0v) is 22.1. The first-order valence-electron chi connectivity index (χ1n) is 11.9. The van der Waals surface area contributed by atoms with Crippen molar-refractivity contribution in [2.24, 2.45) is 0 Å². The zero-order valence-electron chi connectivity index (χ0n) is 21.3. The highest BCUT2D eigenvalue weighted by molar-refractivity contribution is 7.86. The summed E-state index contributed by atoms with van der Waals surface area (Å²) in [6.07, 6.45) is 0. The Morgan fingerprint density at radius 3 is 1.86 bits per heavy atom. The first kappa shape index (κ1) is 32.0. The average molecular weight is 515 g/mol. The zero-order chi connectivity index (χ0) is 26.3. The first-order chi connectivity index (χ1) is 16.5. The summed E-state index contributed by atoms with van der Waals surface area (Å²) in [6, 6.07) is 6.44. The van der Waals surface area contributed by atoms with Crippen LogP contribution in [0.15, 0.2) is 29.2 Å². The molecule has 0 bridgehead atoms. The van der Waals surface area contributed by atoms with Crippen molar-refractivity contribution in [3.63, 3.8) is 0 Å². The second kappa shape index (κ2) is 17.5. The van der Waals surface area contributed by atoms with E-state index in [4.69, 9.17) is 13.7 Å². The smallest absolute Gasteiger partial charge is 0.376 e. The number of hydrogen-bond donors (Lipinski definition) is 4. The van der Waals surface area contributed by atoms with Crippen LogP contribution in [-0.2, 0) is 23.8 Å². The highest BCUT2D eigenvalue weighted by Gasteiger charge is 2.21. The molecule has 0 unspecified atom stereocenters. The third-order valence-electron chi connectivity index (χ3n) is 5.24. The number of benzene rings is 1. The van der Waals surface area contributed by atoms with Gasteiger partial charge < -0.3 is 39.4 Å². The van der Waals surface area contributed by atoms with E-state index < -0.39 is 31.3 Å². The predicted molar refractivity (Wildman–Crippen MR) is 139 cm³/mol. The van der Waals surface area contributed by atoms with Gasteiger partial charge in [0.15, 0.2) is 0 Å². The molecule has 0 amide bonds. The van der Waals surface area contributed by atoms with Gasteiger partial charge in [-0.3, -0.25) is 4.18 Å². The molecule has 0 fully saturated rings. The maximum atomic E-state index is 12.1. The third-order valence-corrected chi connectivity index (χ3v) is 6.57. The fourth-order valence-corrected chi connectivity index (χ4v) is 4.02. The number of rotatable bonds is 20. The summed E-state index contributed by atoms with van der Waals surface area (Å²) in [4.78, 5) is 3.80. The minimum atomic E-state index is -3.80. The minimum Gasteiger partial charge on any atom is -0.437 e.